The normalized spacial score (nSPS) is 11.7. The van der Waals surface area contributed by atoms with E-state index in [4.69, 9.17) is 11.6 Å². The van der Waals surface area contributed by atoms with E-state index in [9.17, 15) is 0 Å². The summed E-state index contributed by atoms with van der Waals surface area (Å²) in [5.41, 5.74) is 4.35. The standard InChI is InChI=1S/C37H76ClN.CH3/c1-3-5-7-9-11-13-15-17-19-21-23-25-27-29-31-33-35-37(38,39)36-34-32-30-28-26-24-22-20-18-16-14-12-10-8-6-4-2;/h3-36,39H2,1-2H3;1H3/q;-1/p+1. The van der Waals surface area contributed by atoms with E-state index in [0.717, 1.165) is 12.8 Å². The summed E-state index contributed by atoms with van der Waals surface area (Å²) in [5.74, 6) is 0. The maximum absolute atomic E-state index is 6.76. The van der Waals surface area contributed by atoms with Crippen molar-refractivity contribution >= 4 is 11.6 Å². The van der Waals surface area contributed by atoms with Gasteiger partial charge >= 0.3 is 0 Å². The van der Waals surface area contributed by atoms with E-state index in [2.05, 4.69) is 19.6 Å². The molecule has 0 aliphatic heterocycles. The van der Waals surface area contributed by atoms with E-state index in [-0.39, 0.29) is 12.4 Å². The highest BCUT2D eigenvalue weighted by molar-refractivity contribution is 6.22. The van der Waals surface area contributed by atoms with Crippen molar-refractivity contribution in [2.45, 2.75) is 237 Å². The summed E-state index contributed by atoms with van der Waals surface area (Å²) in [6.45, 7) is 4.60. The Kier molecular flexibility index (Phi) is 37.6. The average Bonchev–Trinajstić information content (AvgIpc) is 2.92. The van der Waals surface area contributed by atoms with Gasteiger partial charge in [-0.15, -0.1) is 0 Å². The Hall–Kier alpha value is 0.250. The van der Waals surface area contributed by atoms with Crippen molar-refractivity contribution in [1.29, 1.82) is 0 Å². The lowest BCUT2D eigenvalue weighted by molar-refractivity contribution is -0.446. The van der Waals surface area contributed by atoms with Gasteiger partial charge in [-0.05, 0) is 12.8 Å². The smallest absolute Gasteiger partial charge is 0.170 e. The van der Waals surface area contributed by atoms with Crippen molar-refractivity contribution in [2.75, 3.05) is 0 Å². The van der Waals surface area contributed by atoms with Crippen LogP contribution < -0.4 is 5.73 Å². The number of alkyl halides is 1. The Morgan fingerprint density at radius 1 is 0.325 bits per heavy atom. The summed E-state index contributed by atoms with van der Waals surface area (Å²) < 4.78 is 0. The van der Waals surface area contributed by atoms with E-state index in [1.165, 1.54) is 205 Å². The lowest BCUT2D eigenvalue weighted by atomic mass is 9.99. The molecule has 3 N–H and O–H groups in total. The molecular formula is C38H80ClN. The zero-order chi connectivity index (χ0) is 28.5. The van der Waals surface area contributed by atoms with E-state index in [1.807, 2.05) is 0 Å². The summed E-state index contributed by atoms with van der Waals surface area (Å²) >= 11 is 6.76. The molecule has 0 amide bonds. The van der Waals surface area contributed by atoms with Gasteiger partial charge in [0.2, 0.25) is 0 Å². The van der Waals surface area contributed by atoms with Crippen molar-refractivity contribution in [3.63, 3.8) is 0 Å². The molecule has 0 saturated carbocycles. The van der Waals surface area contributed by atoms with Crippen LogP contribution in [-0.2, 0) is 0 Å². The van der Waals surface area contributed by atoms with Gasteiger partial charge in [-0.25, -0.2) is 0 Å². The number of rotatable bonds is 34. The zero-order valence-corrected chi connectivity index (χ0v) is 29.4. The first-order chi connectivity index (χ1) is 19.1. The van der Waals surface area contributed by atoms with Gasteiger partial charge in [0.1, 0.15) is 0 Å². The van der Waals surface area contributed by atoms with Crippen molar-refractivity contribution in [3.8, 4) is 0 Å². The molecule has 0 rings (SSSR count). The predicted octanol–water partition coefficient (Wildman–Crippen LogP) is 13.9. The van der Waals surface area contributed by atoms with Crippen molar-refractivity contribution in [1.82, 2.24) is 0 Å². The van der Waals surface area contributed by atoms with Gasteiger partial charge in [0.25, 0.3) is 0 Å². The van der Waals surface area contributed by atoms with E-state index in [1.54, 1.807) is 0 Å². The first-order valence-electron chi connectivity index (χ1n) is 18.7. The van der Waals surface area contributed by atoms with Crippen LogP contribution in [0, 0.1) is 7.43 Å². The quantitative estimate of drug-likeness (QED) is 0.0336. The predicted molar refractivity (Wildman–Crippen MR) is 186 cm³/mol. The fourth-order valence-corrected chi connectivity index (χ4v) is 6.37. The molecule has 0 aliphatic rings. The van der Waals surface area contributed by atoms with Gasteiger partial charge in [-0.2, -0.15) is 0 Å². The van der Waals surface area contributed by atoms with Gasteiger partial charge in [0.15, 0.2) is 5.00 Å². The highest BCUT2D eigenvalue weighted by atomic mass is 35.5. The lowest BCUT2D eigenvalue weighted by Gasteiger charge is -2.18. The van der Waals surface area contributed by atoms with Crippen LogP contribution in [-0.4, -0.2) is 5.00 Å². The second kappa shape index (κ2) is 35.4. The molecule has 0 unspecified atom stereocenters. The van der Waals surface area contributed by atoms with Crippen molar-refractivity contribution in [3.05, 3.63) is 7.43 Å². The Morgan fingerprint density at radius 2 is 0.475 bits per heavy atom. The molecule has 0 bridgehead atoms. The molecule has 244 valence electrons. The van der Waals surface area contributed by atoms with Crippen LogP contribution >= 0.6 is 11.6 Å². The molecule has 0 saturated heterocycles. The van der Waals surface area contributed by atoms with Gasteiger partial charge in [-0.3, -0.25) is 0 Å². The topological polar surface area (TPSA) is 27.6 Å². The average molecular weight is 587 g/mol. The summed E-state index contributed by atoms with van der Waals surface area (Å²) in [4.78, 5) is -0.202. The molecular weight excluding hydrogens is 506 g/mol. The zero-order valence-electron chi connectivity index (χ0n) is 28.6. The monoisotopic (exact) mass is 586 g/mol. The van der Waals surface area contributed by atoms with Gasteiger partial charge < -0.3 is 13.2 Å². The third-order valence-corrected chi connectivity index (χ3v) is 9.33. The van der Waals surface area contributed by atoms with Crippen LogP contribution in [0.2, 0.25) is 0 Å². The van der Waals surface area contributed by atoms with Crippen LogP contribution in [0.5, 0.6) is 0 Å². The Labute approximate surface area is 261 Å². The summed E-state index contributed by atoms with van der Waals surface area (Å²) in [6, 6.07) is 0. The largest absolute Gasteiger partial charge is 0.358 e. The Bertz CT molecular complexity index is 397. The number of hydrogen-bond donors (Lipinski definition) is 1. The third-order valence-electron chi connectivity index (χ3n) is 8.96. The molecule has 0 aliphatic carbocycles. The molecule has 0 aromatic heterocycles. The Balaban J connectivity index is 0. The minimum Gasteiger partial charge on any atom is -0.358 e. The van der Waals surface area contributed by atoms with E-state index < -0.39 is 0 Å². The van der Waals surface area contributed by atoms with Gasteiger partial charge in [0.05, 0.1) is 0 Å². The first kappa shape index (κ1) is 42.4. The summed E-state index contributed by atoms with van der Waals surface area (Å²) in [6.07, 6.45) is 47.9. The second-order valence-corrected chi connectivity index (χ2v) is 14.1. The minimum atomic E-state index is -0.202. The van der Waals surface area contributed by atoms with Crippen LogP contribution in [0.1, 0.15) is 232 Å². The Morgan fingerprint density at radius 3 is 0.650 bits per heavy atom. The van der Waals surface area contributed by atoms with Crippen molar-refractivity contribution in [2.24, 2.45) is 0 Å². The van der Waals surface area contributed by atoms with E-state index >= 15 is 0 Å². The highest BCUT2D eigenvalue weighted by Crippen LogP contribution is 2.23. The maximum atomic E-state index is 6.76. The third kappa shape index (κ3) is 36.3. The number of hydrogen-bond acceptors (Lipinski definition) is 0. The fraction of sp³-hybridized carbons (Fsp3) is 0.974. The second-order valence-electron chi connectivity index (χ2n) is 13.3. The van der Waals surface area contributed by atoms with E-state index in [0.29, 0.717) is 0 Å². The van der Waals surface area contributed by atoms with Gasteiger partial charge in [0, 0.05) is 12.8 Å². The molecule has 2 heteroatoms. The number of unbranched alkanes of at least 4 members (excludes halogenated alkanes) is 30. The molecule has 1 nitrogen and oxygen atoms in total. The molecule has 0 heterocycles. The molecule has 40 heavy (non-hydrogen) atoms. The lowest BCUT2D eigenvalue weighted by Crippen LogP contribution is -2.69. The maximum Gasteiger partial charge on any atom is 0.170 e. The molecule has 0 radical (unpaired) electrons. The van der Waals surface area contributed by atoms with Gasteiger partial charge in [-0.1, -0.05) is 218 Å². The minimum absolute atomic E-state index is 0. The van der Waals surface area contributed by atoms with Crippen LogP contribution in [0.15, 0.2) is 0 Å². The first-order valence-corrected chi connectivity index (χ1v) is 19.0. The van der Waals surface area contributed by atoms with Crippen LogP contribution in [0.25, 0.3) is 0 Å². The molecule has 0 atom stereocenters. The van der Waals surface area contributed by atoms with Crippen molar-refractivity contribution < 1.29 is 5.73 Å². The molecule has 0 aromatic rings. The number of quaternary nitrogens is 1. The SMILES string of the molecule is CCCCCCCCCCCCCCCCCCC([NH3+])(Cl)CCCCCCCCCCCCCCCCCC.[CH3-]. The summed E-state index contributed by atoms with van der Waals surface area (Å²) in [7, 11) is 0. The summed E-state index contributed by atoms with van der Waals surface area (Å²) in [5, 5.41) is 0. The molecule has 0 spiro atoms. The highest BCUT2D eigenvalue weighted by Gasteiger charge is 2.24. The number of halogens is 1. The van der Waals surface area contributed by atoms with Crippen LogP contribution in [0.4, 0.5) is 0 Å². The molecule has 0 fully saturated rings. The van der Waals surface area contributed by atoms with Crippen LogP contribution in [0.3, 0.4) is 0 Å². The fourth-order valence-electron chi connectivity index (χ4n) is 6.10. The molecule has 0 aromatic carbocycles.